The molecule has 0 aromatic heterocycles. The van der Waals surface area contributed by atoms with Crippen LogP contribution in [0, 0.1) is 0 Å². The van der Waals surface area contributed by atoms with Gasteiger partial charge in [-0.05, 0) is 77.0 Å². The first-order chi connectivity index (χ1) is 30.0. The van der Waals surface area contributed by atoms with E-state index < -0.39 is 18.2 Å². The number of nitrogens with one attached hydrogen (secondary N) is 1. The predicted molar refractivity (Wildman–Crippen MR) is 263 cm³/mol. The number of unbranched alkanes of at least 4 members (excludes halogenated alkanes) is 16. The van der Waals surface area contributed by atoms with E-state index in [-0.39, 0.29) is 31.3 Å². The molecule has 0 fully saturated rings. The first kappa shape index (κ1) is 57.5. The van der Waals surface area contributed by atoms with Crippen molar-refractivity contribution in [2.75, 3.05) is 6.61 Å². The van der Waals surface area contributed by atoms with Crippen LogP contribution < -0.4 is 5.32 Å². The largest absolute Gasteiger partial charge is 0.462 e. The number of carbonyl (C=O) groups excluding carboxylic acids is 2. The van der Waals surface area contributed by atoms with Crippen molar-refractivity contribution in [2.45, 2.75) is 219 Å². The third-order valence-electron chi connectivity index (χ3n) is 10.5. The lowest BCUT2D eigenvalue weighted by atomic mass is 10.0. The molecular formula is C55H91NO5. The molecule has 0 bridgehead atoms. The van der Waals surface area contributed by atoms with Gasteiger partial charge in [0.2, 0.25) is 5.91 Å². The van der Waals surface area contributed by atoms with Crippen molar-refractivity contribution >= 4 is 11.9 Å². The highest BCUT2D eigenvalue weighted by Crippen LogP contribution is 2.16. The van der Waals surface area contributed by atoms with Gasteiger partial charge < -0.3 is 20.3 Å². The van der Waals surface area contributed by atoms with Crippen LogP contribution >= 0.6 is 0 Å². The maximum absolute atomic E-state index is 13.2. The molecule has 3 atom stereocenters. The Bertz CT molecular complexity index is 1270. The fourth-order valence-corrected chi connectivity index (χ4v) is 6.74. The van der Waals surface area contributed by atoms with E-state index in [9.17, 15) is 19.8 Å². The summed E-state index contributed by atoms with van der Waals surface area (Å²) < 4.78 is 5.85. The quantitative estimate of drug-likeness (QED) is 0.0246. The number of hydrogen-bond acceptors (Lipinski definition) is 5. The van der Waals surface area contributed by atoms with Crippen LogP contribution in [0.3, 0.4) is 0 Å². The Morgan fingerprint density at radius 1 is 0.508 bits per heavy atom. The average molecular weight is 846 g/mol. The third-order valence-corrected chi connectivity index (χ3v) is 10.5. The fourth-order valence-electron chi connectivity index (χ4n) is 6.74. The molecule has 6 nitrogen and oxygen atoms in total. The zero-order valence-corrected chi connectivity index (χ0v) is 39.2. The monoisotopic (exact) mass is 846 g/mol. The second kappa shape index (κ2) is 47.6. The normalized spacial score (nSPS) is 14.2. The summed E-state index contributed by atoms with van der Waals surface area (Å²) in [5.41, 5.74) is 0. The van der Waals surface area contributed by atoms with Crippen LogP contribution in [0.1, 0.15) is 201 Å². The van der Waals surface area contributed by atoms with E-state index >= 15 is 0 Å². The van der Waals surface area contributed by atoms with Crippen LogP contribution in [0.5, 0.6) is 0 Å². The van der Waals surface area contributed by atoms with Crippen molar-refractivity contribution < 1.29 is 24.5 Å². The summed E-state index contributed by atoms with van der Waals surface area (Å²) in [5, 5.41) is 23.7. The van der Waals surface area contributed by atoms with Gasteiger partial charge in [-0.1, -0.05) is 220 Å². The summed E-state index contributed by atoms with van der Waals surface area (Å²) in [6.07, 6.45) is 64.4. The van der Waals surface area contributed by atoms with Crippen LogP contribution in [-0.4, -0.2) is 46.9 Å². The maximum atomic E-state index is 13.2. The Balaban J connectivity index is 4.84. The zero-order chi connectivity index (χ0) is 44.5. The molecule has 0 aromatic carbocycles. The number of allylic oxidation sites excluding steroid dienone is 18. The zero-order valence-electron chi connectivity index (χ0n) is 39.2. The van der Waals surface area contributed by atoms with Gasteiger partial charge in [0, 0.05) is 6.42 Å². The van der Waals surface area contributed by atoms with Gasteiger partial charge in [0.05, 0.1) is 25.2 Å². The average Bonchev–Trinajstić information content (AvgIpc) is 3.25. The summed E-state index contributed by atoms with van der Waals surface area (Å²) in [7, 11) is 0. The Morgan fingerprint density at radius 2 is 0.967 bits per heavy atom. The molecule has 6 heteroatoms. The number of aliphatic hydroxyl groups excluding tert-OH is 2. The van der Waals surface area contributed by atoms with E-state index in [2.05, 4.69) is 80.8 Å². The molecule has 0 aromatic rings. The lowest BCUT2D eigenvalue weighted by molar-refractivity contribution is -0.151. The van der Waals surface area contributed by atoms with E-state index in [1.54, 1.807) is 0 Å². The van der Waals surface area contributed by atoms with Gasteiger partial charge in [-0.3, -0.25) is 9.59 Å². The van der Waals surface area contributed by atoms with Gasteiger partial charge in [-0.2, -0.15) is 0 Å². The summed E-state index contributed by atoms with van der Waals surface area (Å²) in [4.78, 5) is 26.0. The summed E-state index contributed by atoms with van der Waals surface area (Å²) in [6.45, 7) is 6.26. The van der Waals surface area contributed by atoms with Gasteiger partial charge in [-0.15, -0.1) is 0 Å². The van der Waals surface area contributed by atoms with Crippen molar-refractivity contribution in [3.05, 3.63) is 109 Å². The van der Waals surface area contributed by atoms with Crippen LogP contribution in [0.4, 0.5) is 0 Å². The molecule has 1 amide bonds. The van der Waals surface area contributed by atoms with Gasteiger partial charge in [0.1, 0.15) is 6.10 Å². The van der Waals surface area contributed by atoms with Gasteiger partial charge in [0.25, 0.3) is 0 Å². The summed E-state index contributed by atoms with van der Waals surface area (Å²) in [5.74, 6) is -0.628. The minimum absolute atomic E-state index is 0.00444. The fraction of sp³-hybridized carbons (Fsp3) is 0.636. The highest BCUT2D eigenvalue weighted by molar-refractivity contribution is 5.77. The molecule has 0 saturated heterocycles. The Morgan fingerprint density at radius 3 is 1.51 bits per heavy atom. The van der Waals surface area contributed by atoms with Crippen LogP contribution in [0.25, 0.3) is 0 Å². The lowest BCUT2D eigenvalue weighted by Gasteiger charge is -2.24. The number of hydrogen-bond donors (Lipinski definition) is 3. The molecule has 0 saturated carbocycles. The molecular weight excluding hydrogens is 755 g/mol. The van der Waals surface area contributed by atoms with Crippen molar-refractivity contribution in [3.63, 3.8) is 0 Å². The summed E-state index contributed by atoms with van der Waals surface area (Å²) >= 11 is 0. The third kappa shape index (κ3) is 43.0. The van der Waals surface area contributed by atoms with Crippen molar-refractivity contribution in [1.82, 2.24) is 5.32 Å². The SMILES string of the molecule is CC/C=C/C=C/C=C\C=C/C=C/CCCC(=O)OC(CCC/C=C\C/C=C\C/C=C\C/C=C\CCCCC)CC(=O)NC(CO)C(O)CCCCCCCCCCCCCC. The molecule has 3 unspecified atom stereocenters. The molecule has 61 heavy (non-hydrogen) atoms. The van der Waals surface area contributed by atoms with Crippen molar-refractivity contribution in [2.24, 2.45) is 0 Å². The Labute approximate surface area is 375 Å². The number of aliphatic hydroxyl groups is 2. The number of ether oxygens (including phenoxy) is 1. The first-order valence-corrected chi connectivity index (χ1v) is 24.7. The second-order valence-corrected chi connectivity index (χ2v) is 16.2. The van der Waals surface area contributed by atoms with E-state index in [1.165, 1.54) is 83.5 Å². The van der Waals surface area contributed by atoms with E-state index in [4.69, 9.17) is 4.74 Å². The predicted octanol–water partition coefficient (Wildman–Crippen LogP) is 14.7. The van der Waals surface area contributed by atoms with E-state index in [0.717, 1.165) is 64.2 Å². The van der Waals surface area contributed by atoms with Crippen molar-refractivity contribution in [1.29, 1.82) is 0 Å². The number of carbonyl (C=O) groups is 2. The minimum Gasteiger partial charge on any atom is -0.462 e. The molecule has 3 N–H and O–H groups in total. The van der Waals surface area contributed by atoms with Gasteiger partial charge in [0.15, 0.2) is 0 Å². The van der Waals surface area contributed by atoms with E-state index in [0.29, 0.717) is 19.3 Å². The lowest BCUT2D eigenvalue weighted by Crippen LogP contribution is -2.46. The number of amides is 1. The Hall–Kier alpha value is -3.48. The second-order valence-electron chi connectivity index (χ2n) is 16.2. The Kier molecular flexibility index (Phi) is 44.9. The minimum atomic E-state index is -0.820. The highest BCUT2D eigenvalue weighted by Gasteiger charge is 2.23. The molecule has 0 heterocycles. The molecule has 0 aliphatic heterocycles. The standard InChI is InChI=1S/C55H91NO5/c1-4-7-10-13-16-19-22-25-26-27-28-30-31-34-37-40-43-46-51(61-55(60)48-45-42-39-36-33-29-23-20-17-14-11-8-5-2)49-54(59)56-52(50-57)53(58)47-44-41-38-35-32-24-21-18-15-12-9-6-3/h8,11,14,16-17,19-20,23,25-26,28-30,33-34,36-37,39,51-53,57-58H,4-7,9-10,12-13,15,18,21-22,24,27,31-32,35,38,40-50H2,1-3H3,(H,56,59)/b11-8+,17-14+,19-16-,23-20-,26-25-,30-28-,33-29-,37-34-,39-36+. The molecule has 0 aliphatic carbocycles. The number of rotatable bonds is 42. The van der Waals surface area contributed by atoms with E-state index in [1.807, 2.05) is 54.7 Å². The van der Waals surface area contributed by atoms with Crippen LogP contribution in [-0.2, 0) is 14.3 Å². The molecule has 0 aliphatic rings. The van der Waals surface area contributed by atoms with Crippen LogP contribution in [0.2, 0.25) is 0 Å². The molecule has 0 spiro atoms. The molecule has 0 radical (unpaired) electrons. The summed E-state index contributed by atoms with van der Waals surface area (Å²) in [6, 6.07) is -0.740. The molecule has 0 rings (SSSR count). The maximum Gasteiger partial charge on any atom is 0.306 e. The van der Waals surface area contributed by atoms with Crippen LogP contribution in [0.15, 0.2) is 109 Å². The first-order valence-electron chi connectivity index (χ1n) is 24.7. The molecule has 346 valence electrons. The van der Waals surface area contributed by atoms with Crippen molar-refractivity contribution in [3.8, 4) is 0 Å². The van der Waals surface area contributed by atoms with Gasteiger partial charge in [-0.25, -0.2) is 0 Å². The number of esters is 1. The van der Waals surface area contributed by atoms with Gasteiger partial charge >= 0.3 is 5.97 Å². The highest BCUT2D eigenvalue weighted by atomic mass is 16.5. The smallest absolute Gasteiger partial charge is 0.306 e. The topological polar surface area (TPSA) is 95.9 Å².